The number of carbonyl (C=O) groups is 1. The first-order chi connectivity index (χ1) is 9.15. The minimum atomic E-state index is -0.952. The van der Waals surface area contributed by atoms with Crippen molar-refractivity contribution >= 4 is 23.0 Å². The zero-order valence-corrected chi connectivity index (χ0v) is 11.3. The highest BCUT2D eigenvalue weighted by molar-refractivity contribution is 7.17. The number of aryl methyl sites for hydroxylation is 2. The number of carboxylic acid groups (broad SMARTS) is 1. The number of anilines is 1. The molecule has 98 valence electrons. The van der Waals surface area contributed by atoms with Gasteiger partial charge >= 0.3 is 5.97 Å². The number of benzene rings is 1. The Morgan fingerprint density at radius 3 is 2.58 bits per heavy atom. The molecular formula is C15H15NO2S. The van der Waals surface area contributed by atoms with Crippen LogP contribution in [0.25, 0.3) is 10.4 Å². The number of nitrogens with two attached hydrogens (primary N) is 1. The number of nitrogen functional groups attached to an aromatic ring is 1. The van der Waals surface area contributed by atoms with Crippen molar-refractivity contribution in [2.24, 2.45) is 0 Å². The number of aromatic carboxylic acids is 1. The molecule has 0 saturated heterocycles. The molecule has 0 amide bonds. The summed E-state index contributed by atoms with van der Waals surface area (Å²) in [6.45, 7) is 0. The molecule has 19 heavy (non-hydrogen) atoms. The highest BCUT2D eigenvalue weighted by Crippen LogP contribution is 2.35. The Morgan fingerprint density at radius 1 is 1.16 bits per heavy atom. The molecule has 1 heterocycles. The summed E-state index contributed by atoms with van der Waals surface area (Å²) in [5.41, 5.74) is 10.00. The summed E-state index contributed by atoms with van der Waals surface area (Å²) in [5, 5.41) is 9.05. The van der Waals surface area contributed by atoms with E-state index in [4.69, 9.17) is 10.8 Å². The maximum absolute atomic E-state index is 11.0. The fourth-order valence-electron chi connectivity index (χ4n) is 2.60. The van der Waals surface area contributed by atoms with Crippen LogP contribution in [0.4, 0.5) is 5.69 Å². The molecule has 0 saturated carbocycles. The molecule has 1 aliphatic carbocycles. The summed E-state index contributed by atoms with van der Waals surface area (Å²) in [4.78, 5) is 12.2. The molecule has 0 bridgehead atoms. The summed E-state index contributed by atoms with van der Waals surface area (Å²) in [5.74, 6) is -0.952. The molecule has 0 unspecified atom stereocenters. The molecule has 3 N–H and O–H groups in total. The van der Waals surface area contributed by atoms with E-state index in [1.54, 1.807) is 6.07 Å². The first-order valence-electron chi connectivity index (χ1n) is 6.40. The summed E-state index contributed by atoms with van der Waals surface area (Å²) in [7, 11) is 0. The number of rotatable bonds is 2. The number of thiophene rings is 1. The third-order valence-electron chi connectivity index (χ3n) is 3.59. The van der Waals surface area contributed by atoms with Crippen molar-refractivity contribution in [1.82, 2.24) is 0 Å². The van der Waals surface area contributed by atoms with E-state index in [9.17, 15) is 4.79 Å². The molecule has 0 spiro atoms. The van der Waals surface area contributed by atoms with E-state index in [0.29, 0.717) is 5.69 Å². The summed E-state index contributed by atoms with van der Waals surface area (Å²) in [6, 6.07) is 8.19. The molecule has 0 fully saturated rings. The van der Waals surface area contributed by atoms with Crippen molar-refractivity contribution in [2.75, 3.05) is 5.73 Å². The maximum Gasteiger partial charge on any atom is 0.348 e. The largest absolute Gasteiger partial charge is 0.477 e. The van der Waals surface area contributed by atoms with Crippen molar-refractivity contribution in [2.45, 2.75) is 25.7 Å². The number of carboxylic acids is 1. The molecule has 3 rings (SSSR count). The predicted octanol–water partition coefficient (Wildman–Crippen LogP) is 3.57. The van der Waals surface area contributed by atoms with Gasteiger partial charge in [-0.3, -0.25) is 0 Å². The van der Waals surface area contributed by atoms with E-state index < -0.39 is 5.97 Å². The first-order valence-corrected chi connectivity index (χ1v) is 7.21. The first kappa shape index (κ1) is 12.2. The standard InChI is InChI=1S/C15H15NO2S/c16-12-8-13(19-14(12)15(17)18)11-6-5-9-3-1-2-4-10(9)7-11/h5-8H,1-4,16H2,(H,17,18). The fourth-order valence-corrected chi connectivity index (χ4v) is 3.52. The fraction of sp³-hybridized carbons (Fsp3) is 0.267. The molecule has 0 atom stereocenters. The lowest BCUT2D eigenvalue weighted by Gasteiger charge is -2.16. The molecule has 0 radical (unpaired) electrons. The van der Waals surface area contributed by atoms with Gasteiger partial charge in [-0.15, -0.1) is 11.3 Å². The van der Waals surface area contributed by atoms with Gasteiger partial charge in [0, 0.05) is 4.88 Å². The van der Waals surface area contributed by atoms with Crippen LogP contribution in [0.15, 0.2) is 24.3 Å². The van der Waals surface area contributed by atoms with Crippen LogP contribution in [-0.4, -0.2) is 11.1 Å². The molecule has 1 aliphatic rings. The van der Waals surface area contributed by atoms with Crippen LogP contribution in [-0.2, 0) is 12.8 Å². The average Bonchev–Trinajstić information content (AvgIpc) is 2.80. The number of fused-ring (bicyclic) bond motifs is 1. The van der Waals surface area contributed by atoms with Crippen molar-refractivity contribution in [3.05, 3.63) is 40.3 Å². The van der Waals surface area contributed by atoms with E-state index in [2.05, 4.69) is 18.2 Å². The second-order valence-corrected chi connectivity index (χ2v) is 5.94. The molecule has 3 nitrogen and oxygen atoms in total. The molecular weight excluding hydrogens is 258 g/mol. The molecule has 4 heteroatoms. The lowest BCUT2D eigenvalue weighted by Crippen LogP contribution is -2.01. The van der Waals surface area contributed by atoms with E-state index in [0.717, 1.165) is 23.3 Å². The lowest BCUT2D eigenvalue weighted by molar-refractivity contribution is 0.0703. The van der Waals surface area contributed by atoms with Crippen LogP contribution in [0.1, 0.15) is 33.6 Å². The second kappa shape index (κ2) is 4.70. The SMILES string of the molecule is Nc1cc(-c2ccc3c(c2)CCCC3)sc1C(=O)O. The van der Waals surface area contributed by atoms with Crippen LogP contribution < -0.4 is 5.73 Å². The van der Waals surface area contributed by atoms with E-state index in [1.165, 1.54) is 35.3 Å². The van der Waals surface area contributed by atoms with Gasteiger partial charge in [0.15, 0.2) is 0 Å². The Hall–Kier alpha value is -1.81. The number of hydrogen-bond donors (Lipinski definition) is 2. The van der Waals surface area contributed by atoms with Gasteiger partial charge in [0.2, 0.25) is 0 Å². The van der Waals surface area contributed by atoms with Crippen molar-refractivity contribution in [3.63, 3.8) is 0 Å². The highest BCUT2D eigenvalue weighted by Gasteiger charge is 2.15. The predicted molar refractivity (Wildman–Crippen MR) is 77.8 cm³/mol. The second-order valence-electron chi connectivity index (χ2n) is 4.89. The molecule has 1 aromatic heterocycles. The Bertz CT molecular complexity index is 646. The highest BCUT2D eigenvalue weighted by atomic mass is 32.1. The van der Waals surface area contributed by atoms with Crippen LogP contribution in [0, 0.1) is 0 Å². The molecule has 2 aromatic rings. The minimum Gasteiger partial charge on any atom is -0.477 e. The van der Waals surface area contributed by atoms with Crippen molar-refractivity contribution in [3.8, 4) is 10.4 Å². The lowest BCUT2D eigenvalue weighted by atomic mass is 9.90. The Labute approximate surface area is 115 Å². The third kappa shape index (κ3) is 2.24. The Kier molecular flexibility index (Phi) is 3.03. The van der Waals surface area contributed by atoms with Gasteiger partial charge in [-0.25, -0.2) is 4.79 Å². The van der Waals surface area contributed by atoms with Gasteiger partial charge in [-0.2, -0.15) is 0 Å². The minimum absolute atomic E-state index is 0.229. The van der Waals surface area contributed by atoms with Gasteiger partial charge in [0.05, 0.1) is 5.69 Å². The summed E-state index contributed by atoms with van der Waals surface area (Å²) >= 11 is 1.25. The van der Waals surface area contributed by atoms with Gasteiger partial charge in [0.1, 0.15) is 4.88 Å². The van der Waals surface area contributed by atoms with Gasteiger partial charge in [0.25, 0.3) is 0 Å². The average molecular weight is 273 g/mol. The number of hydrogen-bond acceptors (Lipinski definition) is 3. The summed E-state index contributed by atoms with van der Waals surface area (Å²) in [6.07, 6.45) is 4.78. The van der Waals surface area contributed by atoms with E-state index in [1.807, 2.05) is 0 Å². The van der Waals surface area contributed by atoms with E-state index in [-0.39, 0.29) is 4.88 Å². The smallest absolute Gasteiger partial charge is 0.348 e. The zero-order chi connectivity index (χ0) is 13.4. The molecule has 1 aromatic carbocycles. The topological polar surface area (TPSA) is 63.3 Å². The van der Waals surface area contributed by atoms with Crippen LogP contribution in [0.2, 0.25) is 0 Å². The van der Waals surface area contributed by atoms with Crippen molar-refractivity contribution < 1.29 is 9.90 Å². The van der Waals surface area contributed by atoms with Gasteiger partial charge < -0.3 is 10.8 Å². The van der Waals surface area contributed by atoms with Crippen LogP contribution in [0.5, 0.6) is 0 Å². The van der Waals surface area contributed by atoms with Crippen LogP contribution >= 0.6 is 11.3 Å². The Morgan fingerprint density at radius 2 is 1.89 bits per heavy atom. The summed E-state index contributed by atoms with van der Waals surface area (Å²) < 4.78 is 0. The third-order valence-corrected chi connectivity index (χ3v) is 4.78. The maximum atomic E-state index is 11.0. The normalized spacial score (nSPS) is 14.1. The Balaban J connectivity index is 2.02. The zero-order valence-electron chi connectivity index (χ0n) is 10.5. The quantitative estimate of drug-likeness (QED) is 0.879. The van der Waals surface area contributed by atoms with Gasteiger partial charge in [-0.05, 0) is 48.4 Å². The molecule has 0 aliphatic heterocycles. The van der Waals surface area contributed by atoms with Crippen LogP contribution in [0.3, 0.4) is 0 Å². The van der Waals surface area contributed by atoms with E-state index >= 15 is 0 Å². The van der Waals surface area contributed by atoms with Crippen molar-refractivity contribution in [1.29, 1.82) is 0 Å². The van der Waals surface area contributed by atoms with Gasteiger partial charge in [-0.1, -0.05) is 18.2 Å². The monoisotopic (exact) mass is 273 g/mol.